The van der Waals surface area contributed by atoms with Crippen LogP contribution in [-0.4, -0.2) is 13.1 Å². The highest BCUT2D eigenvalue weighted by molar-refractivity contribution is 7.99. The van der Waals surface area contributed by atoms with Crippen LogP contribution in [0, 0.1) is 11.3 Å². The van der Waals surface area contributed by atoms with E-state index in [1.807, 2.05) is 54.6 Å². The number of esters is 1. The number of hydrogen-bond acceptors (Lipinski definition) is 4. The van der Waals surface area contributed by atoms with Gasteiger partial charge in [0.2, 0.25) is 0 Å². The van der Waals surface area contributed by atoms with Gasteiger partial charge in [-0.15, -0.1) is 0 Å². The van der Waals surface area contributed by atoms with Crippen LogP contribution in [0.2, 0.25) is 0 Å². The number of nitrogens with zero attached hydrogens (tertiary/aromatic N) is 1. The van der Waals surface area contributed by atoms with Crippen LogP contribution in [0.4, 0.5) is 0 Å². The summed E-state index contributed by atoms with van der Waals surface area (Å²) in [6, 6.07) is 17.5. The van der Waals surface area contributed by atoms with E-state index >= 15 is 0 Å². The lowest BCUT2D eigenvalue weighted by Crippen LogP contribution is -2.09. The van der Waals surface area contributed by atoms with Gasteiger partial charge in [0, 0.05) is 15.4 Å². The number of ether oxygens (including phenoxy) is 1. The number of carbonyl (C=O) groups is 1. The van der Waals surface area contributed by atoms with Gasteiger partial charge in [-0.05, 0) is 23.3 Å². The van der Waals surface area contributed by atoms with Gasteiger partial charge in [0.15, 0.2) is 0 Å². The second-order valence-electron chi connectivity index (χ2n) is 4.45. The number of nitriles is 1. The van der Waals surface area contributed by atoms with Gasteiger partial charge in [0.1, 0.15) is 11.6 Å². The van der Waals surface area contributed by atoms with Crippen molar-refractivity contribution < 1.29 is 9.53 Å². The molecule has 21 heavy (non-hydrogen) atoms. The van der Waals surface area contributed by atoms with E-state index in [-0.39, 0.29) is 5.57 Å². The third-order valence-corrected chi connectivity index (χ3v) is 4.44. The van der Waals surface area contributed by atoms with Crippen molar-refractivity contribution in [3.8, 4) is 6.07 Å². The van der Waals surface area contributed by atoms with Crippen LogP contribution in [0.5, 0.6) is 0 Å². The maximum absolute atomic E-state index is 12.0. The fourth-order valence-corrected chi connectivity index (χ4v) is 3.45. The third-order valence-electron chi connectivity index (χ3n) is 3.28. The Balaban J connectivity index is 2.37. The summed E-state index contributed by atoms with van der Waals surface area (Å²) in [5.74, 6) is -0.607. The molecular formula is C17H11NO2S. The highest BCUT2D eigenvalue weighted by atomic mass is 32.2. The van der Waals surface area contributed by atoms with Crippen molar-refractivity contribution >= 4 is 23.3 Å². The zero-order chi connectivity index (χ0) is 14.8. The monoisotopic (exact) mass is 293 g/mol. The predicted octanol–water partition coefficient (Wildman–Crippen LogP) is 3.65. The summed E-state index contributed by atoms with van der Waals surface area (Å²) in [6.45, 7) is 0. The first-order valence-electron chi connectivity index (χ1n) is 6.35. The highest BCUT2D eigenvalue weighted by Gasteiger charge is 2.26. The Morgan fingerprint density at radius 1 is 1.05 bits per heavy atom. The Labute approximate surface area is 126 Å². The summed E-state index contributed by atoms with van der Waals surface area (Å²) in [6.07, 6.45) is 0. The molecule has 102 valence electrons. The van der Waals surface area contributed by atoms with Gasteiger partial charge in [-0.1, -0.05) is 48.2 Å². The van der Waals surface area contributed by atoms with Gasteiger partial charge in [0.25, 0.3) is 0 Å². The standard InChI is InChI=1S/C17H11NO2S/c1-20-17(19)13(10-18)16-11-6-2-4-8-14(11)21-15-9-5-3-7-12(15)16/h2-9H,1H3. The van der Waals surface area contributed by atoms with E-state index in [9.17, 15) is 10.1 Å². The van der Waals surface area contributed by atoms with Gasteiger partial charge in [-0.2, -0.15) is 5.26 Å². The lowest BCUT2D eigenvalue weighted by molar-refractivity contribution is -0.135. The average molecular weight is 293 g/mol. The average Bonchev–Trinajstić information content (AvgIpc) is 2.54. The molecule has 0 saturated carbocycles. The van der Waals surface area contributed by atoms with Gasteiger partial charge in [-0.25, -0.2) is 4.79 Å². The molecule has 1 aliphatic heterocycles. The molecule has 0 bridgehead atoms. The van der Waals surface area contributed by atoms with Crippen LogP contribution >= 0.6 is 11.8 Å². The number of fused-ring (bicyclic) bond motifs is 2. The van der Waals surface area contributed by atoms with Crippen LogP contribution in [0.1, 0.15) is 11.1 Å². The maximum Gasteiger partial charge on any atom is 0.349 e. The quantitative estimate of drug-likeness (QED) is 0.390. The largest absolute Gasteiger partial charge is 0.465 e. The molecule has 0 spiro atoms. The molecular weight excluding hydrogens is 282 g/mol. The highest BCUT2D eigenvalue weighted by Crippen LogP contribution is 2.46. The smallest absolute Gasteiger partial charge is 0.349 e. The Morgan fingerprint density at radius 2 is 1.57 bits per heavy atom. The number of methoxy groups -OCH3 is 1. The summed E-state index contributed by atoms with van der Waals surface area (Å²) in [5, 5.41) is 9.42. The number of carbonyl (C=O) groups excluding carboxylic acids is 1. The van der Waals surface area contributed by atoms with Crippen molar-refractivity contribution in [2.24, 2.45) is 0 Å². The maximum atomic E-state index is 12.0. The first-order chi connectivity index (χ1) is 10.3. The number of rotatable bonds is 1. The summed E-state index contributed by atoms with van der Waals surface area (Å²) in [5.41, 5.74) is 2.47. The molecule has 0 aromatic heterocycles. The Hall–Kier alpha value is -2.51. The fourth-order valence-electron chi connectivity index (χ4n) is 2.36. The molecule has 0 N–H and O–H groups in total. The normalized spacial score (nSPS) is 11.9. The summed E-state index contributed by atoms with van der Waals surface area (Å²) >= 11 is 1.64. The first-order valence-corrected chi connectivity index (χ1v) is 7.17. The van der Waals surface area contributed by atoms with Crippen LogP contribution in [0.15, 0.2) is 63.9 Å². The zero-order valence-corrected chi connectivity index (χ0v) is 12.1. The summed E-state index contributed by atoms with van der Waals surface area (Å²) < 4.78 is 4.76. The van der Waals surface area contributed by atoms with Gasteiger partial charge < -0.3 is 4.74 Å². The fraction of sp³-hybridized carbons (Fsp3) is 0.0588. The topological polar surface area (TPSA) is 50.1 Å². The minimum atomic E-state index is -0.607. The molecule has 2 aromatic carbocycles. The van der Waals surface area contributed by atoms with Crippen LogP contribution < -0.4 is 0 Å². The molecule has 0 unspecified atom stereocenters. The molecule has 0 radical (unpaired) electrons. The minimum Gasteiger partial charge on any atom is -0.465 e. The van der Waals surface area contributed by atoms with E-state index in [1.54, 1.807) is 11.8 Å². The Morgan fingerprint density at radius 3 is 2.05 bits per heavy atom. The van der Waals surface area contributed by atoms with Crippen molar-refractivity contribution in [1.29, 1.82) is 5.26 Å². The summed E-state index contributed by atoms with van der Waals surface area (Å²) in [7, 11) is 1.29. The van der Waals surface area contributed by atoms with Crippen molar-refractivity contribution in [3.05, 3.63) is 65.2 Å². The van der Waals surface area contributed by atoms with Crippen molar-refractivity contribution in [2.75, 3.05) is 7.11 Å². The first kappa shape index (κ1) is 13.5. The second-order valence-corrected chi connectivity index (χ2v) is 5.53. The molecule has 4 heteroatoms. The molecule has 3 rings (SSSR count). The molecule has 0 atom stereocenters. The van der Waals surface area contributed by atoms with Gasteiger partial charge in [-0.3, -0.25) is 0 Å². The lowest BCUT2D eigenvalue weighted by atomic mass is 9.92. The van der Waals surface area contributed by atoms with Crippen molar-refractivity contribution in [1.82, 2.24) is 0 Å². The van der Waals surface area contributed by atoms with Crippen molar-refractivity contribution in [2.45, 2.75) is 9.79 Å². The van der Waals surface area contributed by atoms with Crippen LogP contribution in [-0.2, 0) is 9.53 Å². The molecule has 0 fully saturated rings. The molecule has 3 nitrogen and oxygen atoms in total. The van der Waals surface area contributed by atoms with Crippen LogP contribution in [0.25, 0.3) is 5.57 Å². The number of hydrogen-bond donors (Lipinski definition) is 0. The third kappa shape index (κ3) is 2.22. The SMILES string of the molecule is COC(=O)C(C#N)=C1c2ccccc2Sc2ccccc21. The minimum absolute atomic E-state index is 0.0395. The van der Waals surface area contributed by atoms with E-state index in [4.69, 9.17) is 4.74 Å². The molecule has 1 aliphatic rings. The summed E-state index contributed by atoms with van der Waals surface area (Å²) in [4.78, 5) is 14.0. The molecule has 0 aliphatic carbocycles. The predicted molar refractivity (Wildman–Crippen MR) is 80.7 cm³/mol. The van der Waals surface area contributed by atoms with E-state index < -0.39 is 5.97 Å². The van der Waals surface area contributed by atoms with Gasteiger partial charge in [0.05, 0.1) is 7.11 Å². The molecule has 2 aromatic rings. The van der Waals surface area contributed by atoms with Crippen LogP contribution in [0.3, 0.4) is 0 Å². The molecule has 0 saturated heterocycles. The van der Waals surface area contributed by atoms with Gasteiger partial charge >= 0.3 is 5.97 Å². The van der Waals surface area contributed by atoms with E-state index in [0.717, 1.165) is 20.9 Å². The lowest BCUT2D eigenvalue weighted by Gasteiger charge is -2.22. The zero-order valence-electron chi connectivity index (χ0n) is 11.3. The van der Waals surface area contributed by atoms with E-state index in [1.165, 1.54) is 7.11 Å². The molecule has 0 amide bonds. The van der Waals surface area contributed by atoms with E-state index in [2.05, 4.69) is 0 Å². The Bertz CT molecular complexity index is 755. The van der Waals surface area contributed by atoms with E-state index in [0.29, 0.717) is 5.57 Å². The number of benzene rings is 2. The van der Waals surface area contributed by atoms with Crippen molar-refractivity contribution in [3.63, 3.8) is 0 Å². The second kappa shape index (κ2) is 5.47. The molecule has 1 heterocycles. The Kier molecular flexibility index (Phi) is 3.51.